The average Bonchev–Trinajstić information content (AvgIpc) is 2.78. The lowest BCUT2D eigenvalue weighted by Crippen LogP contribution is -1.88. The van der Waals surface area contributed by atoms with Crippen LogP contribution in [0.2, 0.25) is 0 Å². The molecule has 6 nitrogen and oxygen atoms in total. The minimum Gasteiger partial charge on any atom is -0.352 e. The number of carbonyl (C=O) groups excluding carboxylic acids is 1. The van der Waals surface area contributed by atoms with Crippen LogP contribution in [0.4, 0.5) is 4.39 Å². The predicted octanol–water partition coefficient (Wildman–Crippen LogP) is 2.93. The second-order valence-corrected chi connectivity index (χ2v) is 3.08. The van der Waals surface area contributed by atoms with Gasteiger partial charge in [0.2, 0.25) is 5.76 Å². The first-order valence-electron chi connectivity index (χ1n) is 4.53. The zero-order chi connectivity index (χ0) is 12.3. The van der Waals surface area contributed by atoms with Crippen molar-refractivity contribution >= 4 is 5.91 Å². The molecule has 0 spiro atoms. The van der Waals surface area contributed by atoms with Crippen molar-refractivity contribution in [1.29, 1.82) is 0 Å². The summed E-state index contributed by atoms with van der Waals surface area (Å²) in [6.45, 7) is 0. The van der Waals surface area contributed by atoms with Gasteiger partial charge in [-0.25, -0.2) is 4.39 Å². The third-order valence-corrected chi connectivity index (χ3v) is 1.98. The number of benzene rings is 1. The second-order valence-electron chi connectivity index (χ2n) is 3.08. The standard InChI is InChI=1S/C10H5FN4O2/c11-7-3-1-2-6(4-7)8-5-9(17-14-8)10(16)13-15-12/h1-5H. The summed E-state index contributed by atoms with van der Waals surface area (Å²) >= 11 is 0. The molecule has 0 fully saturated rings. The molecule has 0 bridgehead atoms. The molecule has 0 unspecified atom stereocenters. The number of nitrogens with zero attached hydrogens (tertiary/aromatic N) is 4. The van der Waals surface area contributed by atoms with Crippen LogP contribution in [-0.4, -0.2) is 11.1 Å². The molecule has 84 valence electrons. The zero-order valence-corrected chi connectivity index (χ0v) is 8.37. The lowest BCUT2D eigenvalue weighted by Gasteiger charge is -1.93. The fourth-order valence-electron chi connectivity index (χ4n) is 1.25. The van der Waals surface area contributed by atoms with E-state index in [4.69, 9.17) is 5.53 Å². The first-order chi connectivity index (χ1) is 8.20. The number of amides is 1. The molecule has 0 aliphatic carbocycles. The number of azide groups is 1. The highest BCUT2D eigenvalue weighted by Crippen LogP contribution is 2.20. The van der Waals surface area contributed by atoms with E-state index in [2.05, 4.69) is 19.7 Å². The molecule has 0 N–H and O–H groups in total. The normalized spacial score (nSPS) is 9.71. The summed E-state index contributed by atoms with van der Waals surface area (Å²) in [4.78, 5) is 13.5. The van der Waals surface area contributed by atoms with Gasteiger partial charge in [0.1, 0.15) is 11.5 Å². The van der Waals surface area contributed by atoms with Crippen LogP contribution >= 0.6 is 0 Å². The molecule has 2 aromatic rings. The minimum absolute atomic E-state index is 0.193. The van der Waals surface area contributed by atoms with Crippen molar-refractivity contribution in [2.75, 3.05) is 0 Å². The number of rotatable bonds is 2. The monoisotopic (exact) mass is 232 g/mol. The average molecular weight is 232 g/mol. The van der Waals surface area contributed by atoms with Crippen LogP contribution in [0.15, 0.2) is 40.0 Å². The molecule has 1 aromatic carbocycles. The Bertz CT molecular complexity index is 616. The topological polar surface area (TPSA) is 91.9 Å². The molecule has 17 heavy (non-hydrogen) atoms. The number of carbonyl (C=O) groups is 1. The molecule has 1 amide bonds. The summed E-state index contributed by atoms with van der Waals surface area (Å²) in [5.41, 5.74) is 8.84. The summed E-state index contributed by atoms with van der Waals surface area (Å²) in [6, 6.07) is 6.94. The molecule has 1 aromatic heterocycles. The summed E-state index contributed by atoms with van der Waals surface area (Å²) in [5, 5.41) is 6.44. The molecular formula is C10H5FN4O2. The predicted molar refractivity (Wildman–Crippen MR) is 55.4 cm³/mol. The highest BCUT2D eigenvalue weighted by atomic mass is 19.1. The fourth-order valence-corrected chi connectivity index (χ4v) is 1.25. The van der Waals surface area contributed by atoms with Gasteiger partial charge in [-0.05, 0) is 22.8 Å². The van der Waals surface area contributed by atoms with E-state index in [1.54, 1.807) is 6.07 Å². The first kappa shape index (κ1) is 10.8. The fraction of sp³-hybridized carbons (Fsp3) is 0. The van der Waals surface area contributed by atoms with Gasteiger partial charge in [0.05, 0.1) is 0 Å². The lowest BCUT2D eigenvalue weighted by atomic mass is 10.1. The van der Waals surface area contributed by atoms with Crippen molar-refractivity contribution in [1.82, 2.24) is 5.16 Å². The van der Waals surface area contributed by atoms with Crippen LogP contribution in [0.5, 0.6) is 0 Å². The molecule has 0 saturated heterocycles. The Morgan fingerprint density at radius 2 is 2.29 bits per heavy atom. The molecule has 1 heterocycles. The second kappa shape index (κ2) is 4.46. The van der Waals surface area contributed by atoms with E-state index in [-0.39, 0.29) is 5.76 Å². The Hall–Kier alpha value is -2.66. The maximum Gasteiger partial charge on any atom is 0.287 e. The Kier molecular flexibility index (Phi) is 2.85. The number of halogens is 1. The highest BCUT2D eigenvalue weighted by Gasteiger charge is 2.12. The maximum absolute atomic E-state index is 12.9. The molecule has 2 rings (SSSR count). The molecule has 0 saturated carbocycles. The number of hydrogen-bond acceptors (Lipinski definition) is 3. The van der Waals surface area contributed by atoms with Crippen molar-refractivity contribution in [2.45, 2.75) is 0 Å². The Labute approximate surface area is 94.3 Å². The van der Waals surface area contributed by atoms with E-state index in [0.29, 0.717) is 11.3 Å². The Morgan fingerprint density at radius 3 is 3.00 bits per heavy atom. The van der Waals surface area contributed by atoms with Gasteiger partial charge in [0.15, 0.2) is 0 Å². The van der Waals surface area contributed by atoms with Gasteiger partial charge in [-0.2, -0.15) is 0 Å². The highest BCUT2D eigenvalue weighted by molar-refractivity contribution is 5.92. The number of hydrogen-bond donors (Lipinski definition) is 0. The SMILES string of the molecule is [N-]=[N+]=NC(=O)c1cc(-c2cccc(F)c2)no1. The minimum atomic E-state index is -0.873. The zero-order valence-electron chi connectivity index (χ0n) is 8.37. The smallest absolute Gasteiger partial charge is 0.287 e. The van der Waals surface area contributed by atoms with E-state index in [1.165, 1.54) is 24.3 Å². The molecular weight excluding hydrogens is 227 g/mol. The van der Waals surface area contributed by atoms with Gasteiger partial charge in [-0.3, -0.25) is 4.79 Å². The largest absolute Gasteiger partial charge is 0.352 e. The van der Waals surface area contributed by atoms with Crippen LogP contribution in [0, 0.1) is 5.82 Å². The van der Waals surface area contributed by atoms with Crippen LogP contribution < -0.4 is 0 Å². The summed E-state index contributed by atoms with van der Waals surface area (Å²) in [7, 11) is 0. The van der Waals surface area contributed by atoms with Crippen LogP contribution in [0.25, 0.3) is 21.7 Å². The van der Waals surface area contributed by atoms with Crippen LogP contribution in [0.3, 0.4) is 0 Å². The summed E-state index contributed by atoms with van der Waals surface area (Å²) in [6.07, 6.45) is 0. The van der Waals surface area contributed by atoms with Crippen molar-refractivity contribution in [2.24, 2.45) is 5.11 Å². The molecule has 0 atom stereocenters. The van der Waals surface area contributed by atoms with Crippen molar-refractivity contribution < 1.29 is 13.7 Å². The Morgan fingerprint density at radius 1 is 1.47 bits per heavy atom. The third kappa shape index (κ3) is 2.30. The van der Waals surface area contributed by atoms with E-state index < -0.39 is 11.7 Å². The number of aromatic nitrogens is 1. The van der Waals surface area contributed by atoms with Gasteiger partial charge < -0.3 is 4.52 Å². The van der Waals surface area contributed by atoms with Gasteiger partial charge >= 0.3 is 0 Å². The lowest BCUT2D eigenvalue weighted by molar-refractivity contribution is 0.0965. The molecule has 0 aliphatic heterocycles. The molecule has 7 heteroatoms. The van der Waals surface area contributed by atoms with Gasteiger partial charge in [-0.15, -0.1) is 0 Å². The van der Waals surface area contributed by atoms with E-state index >= 15 is 0 Å². The van der Waals surface area contributed by atoms with Gasteiger partial charge in [0.25, 0.3) is 5.91 Å². The van der Waals surface area contributed by atoms with E-state index in [0.717, 1.165) is 0 Å². The summed E-state index contributed by atoms with van der Waals surface area (Å²) in [5.74, 6) is -1.49. The molecule has 0 radical (unpaired) electrons. The first-order valence-corrected chi connectivity index (χ1v) is 4.53. The van der Waals surface area contributed by atoms with Crippen LogP contribution in [-0.2, 0) is 0 Å². The van der Waals surface area contributed by atoms with Crippen molar-refractivity contribution in [3.05, 3.63) is 52.4 Å². The van der Waals surface area contributed by atoms with E-state index in [9.17, 15) is 9.18 Å². The van der Waals surface area contributed by atoms with Crippen molar-refractivity contribution in [3.63, 3.8) is 0 Å². The summed E-state index contributed by atoms with van der Waals surface area (Å²) < 4.78 is 17.6. The molecule has 0 aliphatic rings. The van der Waals surface area contributed by atoms with Gasteiger partial charge in [0, 0.05) is 16.5 Å². The van der Waals surface area contributed by atoms with Crippen molar-refractivity contribution in [3.8, 4) is 11.3 Å². The van der Waals surface area contributed by atoms with Crippen LogP contribution in [0.1, 0.15) is 10.6 Å². The third-order valence-electron chi connectivity index (χ3n) is 1.98. The quantitative estimate of drug-likeness (QED) is 0.452. The van der Waals surface area contributed by atoms with Gasteiger partial charge in [-0.1, -0.05) is 17.3 Å². The Balaban J connectivity index is 2.36. The maximum atomic E-state index is 12.9. The van der Waals surface area contributed by atoms with E-state index in [1.807, 2.05) is 0 Å².